The summed E-state index contributed by atoms with van der Waals surface area (Å²) in [5, 5.41) is 4.79. The van der Waals surface area contributed by atoms with Crippen molar-refractivity contribution in [1.29, 1.82) is 0 Å². The Balaban J connectivity index is 1.16. The number of H-pyrrole nitrogens is 2. The van der Waals surface area contributed by atoms with Crippen LogP contribution in [-0.2, 0) is 16.1 Å². The number of methoxy groups -OCH3 is 1. The van der Waals surface area contributed by atoms with Gasteiger partial charge in [0.15, 0.2) is 0 Å². The fourth-order valence-corrected chi connectivity index (χ4v) is 7.66. The lowest BCUT2D eigenvalue weighted by Crippen LogP contribution is -2.45. The molecule has 10 nitrogen and oxygen atoms in total. The summed E-state index contributed by atoms with van der Waals surface area (Å²) in [7, 11) is 3.41. The highest BCUT2D eigenvalue weighted by molar-refractivity contribution is 6.05. The van der Waals surface area contributed by atoms with Gasteiger partial charge in [-0.25, -0.2) is 14.8 Å². The van der Waals surface area contributed by atoms with Gasteiger partial charge in [-0.3, -0.25) is 9.69 Å². The van der Waals surface area contributed by atoms with E-state index in [1.165, 1.54) is 7.11 Å². The second kappa shape index (κ2) is 13.2. The largest absolute Gasteiger partial charge is 0.453 e. The molecule has 3 heterocycles. The number of piperidine rings is 1. The Labute approximate surface area is 280 Å². The summed E-state index contributed by atoms with van der Waals surface area (Å²) in [6.07, 6.45) is 5.31. The zero-order valence-corrected chi connectivity index (χ0v) is 27.9. The number of aromatic amines is 2. The Kier molecular flexibility index (Phi) is 8.63. The Hall–Kier alpha value is -5.14. The van der Waals surface area contributed by atoms with Crippen molar-refractivity contribution in [2.45, 2.75) is 58.2 Å². The molecule has 2 bridgehead atoms. The Morgan fingerprint density at radius 2 is 1.96 bits per heavy atom. The maximum absolute atomic E-state index is 13.2. The first kappa shape index (κ1) is 31.5. The number of alkyl carbamates (subject to hydrolysis) is 1. The lowest BCUT2D eigenvalue weighted by atomic mass is 9.95. The Morgan fingerprint density at radius 3 is 2.77 bits per heavy atom. The predicted molar refractivity (Wildman–Crippen MR) is 187 cm³/mol. The molecular formula is C38H41N7O3. The molecule has 2 aromatic heterocycles. The van der Waals surface area contributed by atoms with Crippen LogP contribution < -0.4 is 5.32 Å². The third-order valence-corrected chi connectivity index (χ3v) is 9.76. The van der Waals surface area contributed by atoms with Gasteiger partial charge in [-0.1, -0.05) is 43.2 Å². The molecule has 246 valence electrons. The number of likely N-dealkylation sites (tertiary alicyclic amines) is 1. The first-order valence-electron chi connectivity index (χ1n) is 16.7. The quantitative estimate of drug-likeness (QED) is 0.160. The second-order valence-corrected chi connectivity index (χ2v) is 13.0. The lowest BCUT2D eigenvalue weighted by molar-refractivity contribution is -0.134. The first-order valence-corrected chi connectivity index (χ1v) is 16.7. The van der Waals surface area contributed by atoms with Crippen molar-refractivity contribution >= 4 is 33.8 Å². The molecule has 1 saturated carbocycles. The van der Waals surface area contributed by atoms with E-state index in [9.17, 15) is 9.59 Å². The van der Waals surface area contributed by atoms with Gasteiger partial charge in [-0.05, 0) is 86.8 Å². The maximum atomic E-state index is 13.2. The summed E-state index contributed by atoms with van der Waals surface area (Å²) in [5.41, 5.74) is 6.97. The molecule has 2 fully saturated rings. The molecule has 48 heavy (non-hydrogen) atoms. The molecule has 1 aliphatic carbocycles. The number of hydrogen-bond donors (Lipinski definition) is 3. The van der Waals surface area contributed by atoms with E-state index in [2.05, 4.69) is 99.3 Å². The van der Waals surface area contributed by atoms with Crippen LogP contribution in [0.25, 0.3) is 44.2 Å². The van der Waals surface area contributed by atoms with Crippen molar-refractivity contribution in [1.82, 2.24) is 35.1 Å². The van der Waals surface area contributed by atoms with E-state index in [-0.39, 0.29) is 24.5 Å². The smallest absolute Gasteiger partial charge is 0.407 e. The summed E-state index contributed by atoms with van der Waals surface area (Å²) in [4.78, 5) is 45.8. The molecule has 2 amide bonds. The predicted octanol–water partition coefficient (Wildman–Crippen LogP) is 6.39. The molecule has 3 atom stereocenters. The minimum atomic E-state index is -0.613. The molecule has 1 saturated heterocycles. The average molecular weight is 644 g/mol. The van der Waals surface area contributed by atoms with E-state index in [0.29, 0.717) is 5.92 Å². The highest BCUT2D eigenvalue weighted by Crippen LogP contribution is 2.49. The number of imidazole rings is 2. The van der Waals surface area contributed by atoms with Gasteiger partial charge in [0.1, 0.15) is 18.2 Å². The monoisotopic (exact) mass is 643 g/mol. The number of carbonyl (C=O) groups excluding carboxylic acids is 2. The maximum Gasteiger partial charge on any atom is 0.407 e. The van der Waals surface area contributed by atoms with Crippen molar-refractivity contribution in [2.24, 2.45) is 5.92 Å². The minimum absolute atomic E-state index is 0.0977. The number of nitrogens with one attached hydrogen (secondary N) is 3. The van der Waals surface area contributed by atoms with E-state index >= 15 is 0 Å². The highest BCUT2D eigenvalue weighted by Gasteiger charge is 2.49. The fourth-order valence-electron chi connectivity index (χ4n) is 7.66. The van der Waals surface area contributed by atoms with Gasteiger partial charge in [0.2, 0.25) is 5.91 Å². The summed E-state index contributed by atoms with van der Waals surface area (Å²) < 4.78 is 4.65. The number of aromatic nitrogens is 4. The third-order valence-electron chi connectivity index (χ3n) is 9.76. The standard InChI is InChI=1S/C38H41N7O3/c1-5-7-23-18-26(32-20-39-37(42-32)36-27-8-12-28(19-27)45(36)34(46)21-40-38(47)48-4)10-13-29(23)24-9-14-30-25(17-24)11-15-31-35(30)43-33(41-31)22-44(3)16-6-2/h9-11,13-15,17-18,20,27-28,36H,6,8,12,16,19,21-22H2,1-4H3,(H,39,42)(H,40,47)(H,41,43)/t27-,28+,36-/m0/s1. The summed E-state index contributed by atoms with van der Waals surface area (Å²) >= 11 is 0. The molecular weight excluding hydrogens is 602 g/mol. The van der Waals surface area contributed by atoms with Crippen LogP contribution >= 0.6 is 0 Å². The number of nitrogens with zero attached hydrogens (tertiary/aromatic N) is 4. The summed E-state index contributed by atoms with van der Waals surface area (Å²) in [6, 6.07) is 17.1. The van der Waals surface area contributed by atoms with E-state index in [1.54, 1.807) is 0 Å². The average Bonchev–Trinajstić information content (AvgIpc) is 3.91. The third kappa shape index (κ3) is 5.90. The van der Waals surface area contributed by atoms with Gasteiger partial charge in [0.25, 0.3) is 0 Å². The van der Waals surface area contributed by atoms with Crippen molar-refractivity contribution in [2.75, 3.05) is 27.2 Å². The molecule has 0 unspecified atom stereocenters. The number of benzene rings is 3. The number of amides is 2. The van der Waals surface area contributed by atoms with Gasteiger partial charge in [0, 0.05) is 22.6 Å². The van der Waals surface area contributed by atoms with Crippen molar-refractivity contribution in [3.8, 4) is 34.2 Å². The van der Waals surface area contributed by atoms with Crippen LogP contribution in [0.5, 0.6) is 0 Å². The molecule has 5 aromatic rings. The van der Waals surface area contributed by atoms with Crippen molar-refractivity contribution < 1.29 is 14.3 Å². The van der Waals surface area contributed by atoms with E-state index in [0.717, 1.165) is 100 Å². The molecule has 3 N–H and O–H groups in total. The van der Waals surface area contributed by atoms with Gasteiger partial charge in [0.05, 0.1) is 42.6 Å². The lowest BCUT2D eigenvalue weighted by Gasteiger charge is -2.34. The minimum Gasteiger partial charge on any atom is -0.453 e. The molecule has 7 rings (SSSR count). The highest BCUT2D eigenvalue weighted by atomic mass is 16.5. The zero-order chi connectivity index (χ0) is 33.4. The van der Waals surface area contributed by atoms with Gasteiger partial charge >= 0.3 is 6.09 Å². The first-order chi connectivity index (χ1) is 23.4. The van der Waals surface area contributed by atoms with Crippen LogP contribution in [0.1, 0.15) is 62.8 Å². The van der Waals surface area contributed by atoms with E-state index in [4.69, 9.17) is 9.97 Å². The van der Waals surface area contributed by atoms with Crippen LogP contribution in [0.4, 0.5) is 4.79 Å². The Bertz CT molecular complexity index is 2070. The summed E-state index contributed by atoms with van der Waals surface area (Å²) in [5.74, 6) is 8.39. The number of hydrogen-bond acceptors (Lipinski definition) is 6. The normalized spacial score (nSPS) is 18.4. The van der Waals surface area contributed by atoms with Crippen LogP contribution in [0.3, 0.4) is 0 Å². The topological polar surface area (TPSA) is 119 Å². The molecule has 0 spiro atoms. The fraction of sp³-hybridized carbons (Fsp3) is 0.368. The number of rotatable bonds is 9. The number of carbonyl (C=O) groups is 2. The molecule has 3 aromatic carbocycles. The number of ether oxygens (including phenoxy) is 1. The summed E-state index contributed by atoms with van der Waals surface area (Å²) in [6.45, 7) is 5.76. The molecule has 1 aliphatic heterocycles. The van der Waals surface area contributed by atoms with Crippen LogP contribution in [0, 0.1) is 17.8 Å². The molecule has 0 radical (unpaired) electrons. The van der Waals surface area contributed by atoms with Gasteiger partial charge in [-0.15, -0.1) is 5.92 Å². The second-order valence-electron chi connectivity index (χ2n) is 13.0. The van der Waals surface area contributed by atoms with Crippen molar-refractivity contribution in [3.05, 3.63) is 71.9 Å². The Morgan fingerprint density at radius 1 is 1.10 bits per heavy atom. The SMILES string of the molecule is CC#Cc1cc(-c2cnc([C@@H]3[C@H]4CC[C@H](C4)N3C(=O)CNC(=O)OC)[nH]2)ccc1-c1ccc2c(ccc3[nH]c(CN(C)CCC)nc32)c1. The number of fused-ring (bicyclic) bond motifs is 5. The van der Waals surface area contributed by atoms with E-state index in [1.807, 2.05) is 18.0 Å². The van der Waals surface area contributed by atoms with Crippen molar-refractivity contribution in [3.63, 3.8) is 0 Å². The molecule has 2 aliphatic rings. The van der Waals surface area contributed by atoms with E-state index < -0.39 is 6.09 Å². The van der Waals surface area contributed by atoms with Crippen LogP contribution in [-0.4, -0.2) is 75.0 Å². The van der Waals surface area contributed by atoms with Crippen LogP contribution in [0.15, 0.2) is 54.7 Å². The molecule has 10 heteroatoms. The van der Waals surface area contributed by atoms with Crippen LogP contribution in [0.2, 0.25) is 0 Å². The van der Waals surface area contributed by atoms with Gasteiger partial charge < -0.3 is 24.9 Å². The zero-order valence-electron chi connectivity index (χ0n) is 27.9. The van der Waals surface area contributed by atoms with Gasteiger partial charge in [-0.2, -0.15) is 0 Å².